The standard InChI is InChI=1S/C12H25N3O/c1-3-11(12(13)14-16)15(4-2)10-8-6-5-7-9-10/h10-11,16H,3-9H2,1-2H3,(H2,13,14). The van der Waals surface area contributed by atoms with Crippen molar-refractivity contribution in [1.82, 2.24) is 4.90 Å². The summed E-state index contributed by atoms with van der Waals surface area (Å²) in [5, 5.41) is 12.0. The molecule has 0 aliphatic heterocycles. The van der Waals surface area contributed by atoms with Crippen molar-refractivity contribution in [3.05, 3.63) is 0 Å². The maximum atomic E-state index is 8.82. The summed E-state index contributed by atoms with van der Waals surface area (Å²) in [5.41, 5.74) is 5.77. The fourth-order valence-electron chi connectivity index (χ4n) is 2.83. The van der Waals surface area contributed by atoms with Crippen molar-refractivity contribution in [2.45, 2.75) is 64.5 Å². The van der Waals surface area contributed by atoms with Gasteiger partial charge in [0.1, 0.15) is 0 Å². The van der Waals surface area contributed by atoms with Crippen molar-refractivity contribution in [3.63, 3.8) is 0 Å². The molecule has 16 heavy (non-hydrogen) atoms. The van der Waals surface area contributed by atoms with Crippen LogP contribution in [-0.4, -0.2) is 34.6 Å². The molecule has 0 amide bonds. The number of nitrogens with two attached hydrogens (primary N) is 1. The monoisotopic (exact) mass is 227 g/mol. The molecule has 1 aliphatic carbocycles. The molecule has 1 aliphatic rings. The Balaban J connectivity index is 2.69. The number of hydrogen-bond acceptors (Lipinski definition) is 3. The molecule has 0 saturated heterocycles. The van der Waals surface area contributed by atoms with E-state index in [1.807, 2.05) is 0 Å². The number of amidine groups is 1. The molecular weight excluding hydrogens is 202 g/mol. The maximum absolute atomic E-state index is 8.82. The van der Waals surface area contributed by atoms with Gasteiger partial charge >= 0.3 is 0 Å². The van der Waals surface area contributed by atoms with E-state index in [2.05, 4.69) is 23.9 Å². The van der Waals surface area contributed by atoms with Crippen molar-refractivity contribution in [2.75, 3.05) is 6.54 Å². The lowest BCUT2D eigenvalue weighted by Gasteiger charge is -2.38. The third-order valence-electron chi connectivity index (χ3n) is 3.65. The van der Waals surface area contributed by atoms with Crippen LogP contribution in [-0.2, 0) is 0 Å². The molecule has 1 fully saturated rings. The number of hydrogen-bond donors (Lipinski definition) is 2. The molecule has 0 radical (unpaired) electrons. The van der Waals surface area contributed by atoms with Crippen LogP contribution in [0.3, 0.4) is 0 Å². The second-order valence-corrected chi connectivity index (χ2v) is 4.57. The Morgan fingerprint density at radius 3 is 2.44 bits per heavy atom. The zero-order chi connectivity index (χ0) is 12.0. The first kappa shape index (κ1) is 13.3. The van der Waals surface area contributed by atoms with Gasteiger partial charge in [0, 0.05) is 6.04 Å². The van der Waals surface area contributed by atoms with Gasteiger partial charge in [0.15, 0.2) is 5.84 Å². The molecule has 1 unspecified atom stereocenters. The average Bonchev–Trinajstić information content (AvgIpc) is 2.36. The first-order valence-electron chi connectivity index (χ1n) is 6.47. The van der Waals surface area contributed by atoms with Gasteiger partial charge < -0.3 is 10.9 Å². The molecule has 0 aromatic rings. The van der Waals surface area contributed by atoms with Crippen LogP contribution < -0.4 is 5.73 Å². The third-order valence-corrected chi connectivity index (χ3v) is 3.65. The summed E-state index contributed by atoms with van der Waals surface area (Å²) in [7, 11) is 0. The summed E-state index contributed by atoms with van der Waals surface area (Å²) in [6.45, 7) is 5.22. The molecule has 3 N–H and O–H groups in total. The fraction of sp³-hybridized carbons (Fsp3) is 0.917. The molecule has 1 saturated carbocycles. The molecule has 94 valence electrons. The highest BCUT2D eigenvalue weighted by atomic mass is 16.4. The minimum Gasteiger partial charge on any atom is -0.409 e. The van der Waals surface area contributed by atoms with Gasteiger partial charge in [0.25, 0.3) is 0 Å². The van der Waals surface area contributed by atoms with E-state index in [1.54, 1.807) is 0 Å². The highest BCUT2D eigenvalue weighted by Crippen LogP contribution is 2.24. The molecule has 4 nitrogen and oxygen atoms in total. The van der Waals surface area contributed by atoms with Crippen molar-refractivity contribution >= 4 is 5.84 Å². The summed E-state index contributed by atoms with van der Waals surface area (Å²) in [6.07, 6.45) is 7.39. The van der Waals surface area contributed by atoms with Crippen LogP contribution in [0.5, 0.6) is 0 Å². The quantitative estimate of drug-likeness (QED) is 0.327. The SMILES string of the molecule is CCC(C(N)=NO)N(CC)C1CCCCC1. The van der Waals surface area contributed by atoms with Crippen LogP contribution in [0.25, 0.3) is 0 Å². The molecule has 0 heterocycles. The lowest BCUT2D eigenvalue weighted by Crippen LogP contribution is -2.50. The van der Waals surface area contributed by atoms with E-state index in [0.717, 1.165) is 13.0 Å². The van der Waals surface area contributed by atoms with Crippen LogP contribution in [0.15, 0.2) is 5.16 Å². The van der Waals surface area contributed by atoms with Gasteiger partial charge in [0.05, 0.1) is 6.04 Å². The molecular formula is C12H25N3O. The lowest BCUT2D eigenvalue weighted by atomic mass is 9.92. The minimum absolute atomic E-state index is 0.0955. The second-order valence-electron chi connectivity index (χ2n) is 4.57. The third kappa shape index (κ3) is 3.11. The Bertz CT molecular complexity index is 224. The second kappa shape index (κ2) is 6.74. The van der Waals surface area contributed by atoms with E-state index in [-0.39, 0.29) is 6.04 Å². The van der Waals surface area contributed by atoms with Crippen molar-refractivity contribution < 1.29 is 5.21 Å². The smallest absolute Gasteiger partial charge is 0.156 e. The van der Waals surface area contributed by atoms with E-state index in [9.17, 15) is 0 Å². The summed E-state index contributed by atoms with van der Waals surface area (Å²) in [4.78, 5) is 2.40. The Kier molecular flexibility index (Phi) is 5.60. The largest absolute Gasteiger partial charge is 0.409 e. The van der Waals surface area contributed by atoms with Gasteiger partial charge in [0.2, 0.25) is 0 Å². The summed E-state index contributed by atoms with van der Waals surface area (Å²) in [5.74, 6) is 0.356. The summed E-state index contributed by atoms with van der Waals surface area (Å²) < 4.78 is 0. The molecule has 0 aromatic carbocycles. The van der Waals surface area contributed by atoms with E-state index >= 15 is 0 Å². The van der Waals surface area contributed by atoms with Crippen molar-refractivity contribution in [3.8, 4) is 0 Å². The Hall–Kier alpha value is -0.770. The van der Waals surface area contributed by atoms with Crippen LogP contribution in [0.2, 0.25) is 0 Å². The van der Waals surface area contributed by atoms with E-state index < -0.39 is 0 Å². The molecule has 0 aromatic heterocycles. The molecule has 4 heteroatoms. The molecule has 0 spiro atoms. The zero-order valence-electron chi connectivity index (χ0n) is 10.5. The molecule has 1 rings (SSSR count). The van der Waals surface area contributed by atoms with Crippen LogP contribution >= 0.6 is 0 Å². The highest BCUT2D eigenvalue weighted by Gasteiger charge is 2.27. The lowest BCUT2D eigenvalue weighted by molar-refractivity contribution is 0.136. The molecule has 1 atom stereocenters. The predicted octanol–water partition coefficient (Wildman–Crippen LogP) is 2.17. The van der Waals surface area contributed by atoms with Crippen LogP contribution in [0.4, 0.5) is 0 Å². The first-order chi connectivity index (χ1) is 7.74. The maximum Gasteiger partial charge on any atom is 0.156 e. The fourth-order valence-corrected chi connectivity index (χ4v) is 2.83. The number of rotatable bonds is 5. The van der Waals surface area contributed by atoms with Gasteiger partial charge in [-0.2, -0.15) is 0 Å². The topological polar surface area (TPSA) is 61.9 Å². The van der Waals surface area contributed by atoms with Crippen LogP contribution in [0.1, 0.15) is 52.4 Å². The zero-order valence-corrected chi connectivity index (χ0v) is 10.5. The first-order valence-corrected chi connectivity index (χ1v) is 6.47. The van der Waals surface area contributed by atoms with E-state index in [1.165, 1.54) is 32.1 Å². The number of oxime groups is 1. The van der Waals surface area contributed by atoms with Crippen LogP contribution in [0, 0.1) is 0 Å². The number of nitrogens with zero attached hydrogens (tertiary/aromatic N) is 2. The van der Waals surface area contributed by atoms with Gasteiger partial charge in [-0.25, -0.2) is 0 Å². The van der Waals surface area contributed by atoms with Crippen molar-refractivity contribution in [2.24, 2.45) is 10.9 Å². The van der Waals surface area contributed by atoms with E-state index in [0.29, 0.717) is 11.9 Å². The Morgan fingerprint density at radius 2 is 2.00 bits per heavy atom. The van der Waals surface area contributed by atoms with E-state index in [4.69, 9.17) is 10.9 Å². The van der Waals surface area contributed by atoms with Gasteiger partial charge in [-0.05, 0) is 25.8 Å². The Labute approximate surface area is 98.5 Å². The summed E-state index contributed by atoms with van der Waals surface area (Å²) >= 11 is 0. The normalized spacial score (nSPS) is 21.3. The molecule has 0 bridgehead atoms. The number of likely N-dealkylation sites (N-methyl/N-ethyl adjacent to an activating group) is 1. The average molecular weight is 227 g/mol. The minimum atomic E-state index is 0.0955. The summed E-state index contributed by atoms with van der Waals surface area (Å²) in [6, 6.07) is 0.710. The van der Waals surface area contributed by atoms with Gasteiger partial charge in [-0.1, -0.05) is 38.3 Å². The van der Waals surface area contributed by atoms with Crippen molar-refractivity contribution in [1.29, 1.82) is 0 Å². The Morgan fingerprint density at radius 1 is 1.38 bits per heavy atom. The predicted molar refractivity (Wildman–Crippen MR) is 66.7 cm³/mol. The highest BCUT2D eigenvalue weighted by molar-refractivity contribution is 5.85. The van der Waals surface area contributed by atoms with Gasteiger partial charge in [-0.3, -0.25) is 4.90 Å². The van der Waals surface area contributed by atoms with Gasteiger partial charge in [-0.15, -0.1) is 0 Å².